The standard InChI is InChI=1S/C17H23N3O4/c1-11-12(2)16(21-9-8-19-20-18)23-14-10-22-17(24-15(11)14)13-6-4-3-5-7-13/h3-7,11-12,14-17H,8-10H2,1-2H3/t11-,12?,14?,15+,16-,17?/m1/s1. The molecule has 2 aliphatic heterocycles. The first-order chi connectivity index (χ1) is 11.7. The van der Waals surface area contributed by atoms with Gasteiger partial charge in [-0.3, -0.25) is 0 Å². The van der Waals surface area contributed by atoms with Crippen molar-refractivity contribution < 1.29 is 18.9 Å². The van der Waals surface area contributed by atoms with Gasteiger partial charge in [-0.2, -0.15) is 0 Å². The Kier molecular flexibility index (Phi) is 5.71. The van der Waals surface area contributed by atoms with E-state index in [9.17, 15) is 0 Å². The van der Waals surface area contributed by atoms with E-state index < -0.39 is 0 Å². The maximum atomic E-state index is 8.31. The molecule has 130 valence electrons. The molecular formula is C17H23N3O4. The van der Waals surface area contributed by atoms with Gasteiger partial charge in [0.2, 0.25) is 0 Å². The van der Waals surface area contributed by atoms with Gasteiger partial charge in [-0.25, -0.2) is 0 Å². The van der Waals surface area contributed by atoms with Crippen molar-refractivity contribution in [2.75, 3.05) is 19.8 Å². The molecule has 7 heteroatoms. The van der Waals surface area contributed by atoms with Crippen LogP contribution in [0.1, 0.15) is 25.7 Å². The highest BCUT2D eigenvalue weighted by atomic mass is 16.7. The molecule has 0 radical (unpaired) electrons. The summed E-state index contributed by atoms with van der Waals surface area (Å²) >= 11 is 0. The number of fused-ring (bicyclic) bond motifs is 1. The maximum absolute atomic E-state index is 8.31. The molecule has 0 saturated carbocycles. The van der Waals surface area contributed by atoms with E-state index >= 15 is 0 Å². The number of hydrogen-bond acceptors (Lipinski definition) is 5. The maximum Gasteiger partial charge on any atom is 0.184 e. The third kappa shape index (κ3) is 3.71. The van der Waals surface area contributed by atoms with Gasteiger partial charge in [-0.05, 0) is 11.4 Å². The molecule has 3 unspecified atom stereocenters. The molecule has 1 aromatic rings. The van der Waals surface area contributed by atoms with Crippen LogP contribution in [0.2, 0.25) is 0 Å². The van der Waals surface area contributed by atoms with Crippen LogP contribution in [0.25, 0.3) is 10.4 Å². The number of benzene rings is 1. The van der Waals surface area contributed by atoms with E-state index in [1.54, 1.807) is 0 Å². The Morgan fingerprint density at radius 2 is 2.00 bits per heavy atom. The molecule has 0 amide bonds. The predicted octanol–water partition coefficient (Wildman–Crippen LogP) is 3.42. The van der Waals surface area contributed by atoms with E-state index in [1.807, 2.05) is 30.3 Å². The fourth-order valence-corrected chi connectivity index (χ4v) is 3.20. The van der Waals surface area contributed by atoms with Gasteiger partial charge < -0.3 is 18.9 Å². The van der Waals surface area contributed by atoms with E-state index in [0.29, 0.717) is 19.8 Å². The fraction of sp³-hybridized carbons (Fsp3) is 0.647. The van der Waals surface area contributed by atoms with Crippen LogP contribution in [0.5, 0.6) is 0 Å². The second kappa shape index (κ2) is 7.96. The molecule has 0 aromatic heterocycles. The summed E-state index contributed by atoms with van der Waals surface area (Å²) in [6.45, 7) is 5.36. The molecule has 0 aliphatic carbocycles. The van der Waals surface area contributed by atoms with Gasteiger partial charge in [0, 0.05) is 22.9 Å². The zero-order valence-corrected chi connectivity index (χ0v) is 13.9. The Balaban J connectivity index is 1.62. The van der Waals surface area contributed by atoms with E-state index in [0.717, 1.165) is 5.56 Å². The van der Waals surface area contributed by atoms with Gasteiger partial charge in [-0.1, -0.05) is 49.3 Å². The molecule has 0 spiro atoms. The third-order valence-electron chi connectivity index (χ3n) is 4.75. The first-order valence-electron chi connectivity index (χ1n) is 8.30. The summed E-state index contributed by atoms with van der Waals surface area (Å²) in [5, 5.41) is 3.48. The first-order valence-corrected chi connectivity index (χ1v) is 8.30. The quantitative estimate of drug-likeness (QED) is 0.357. The molecule has 3 rings (SSSR count). The minimum Gasteiger partial charge on any atom is -0.352 e. The number of ether oxygens (including phenoxy) is 4. The van der Waals surface area contributed by atoms with Crippen LogP contribution in [0.3, 0.4) is 0 Å². The van der Waals surface area contributed by atoms with Crippen molar-refractivity contribution in [3.05, 3.63) is 46.3 Å². The Morgan fingerprint density at radius 3 is 2.75 bits per heavy atom. The molecule has 2 fully saturated rings. The normalized spacial score (nSPS) is 35.8. The topological polar surface area (TPSA) is 85.7 Å². The van der Waals surface area contributed by atoms with Crippen molar-refractivity contribution in [3.8, 4) is 0 Å². The molecule has 0 bridgehead atoms. The minimum absolute atomic E-state index is 0.0315. The number of azide groups is 1. The Bertz CT molecular complexity index is 576. The van der Waals surface area contributed by atoms with Crippen molar-refractivity contribution in [1.82, 2.24) is 0 Å². The zero-order valence-electron chi connectivity index (χ0n) is 13.9. The minimum atomic E-state index is -0.354. The zero-order chi connectivity index (χ0) is 16.9. The lowest BCUT2D eigenvalue weighted by Gasteiger charge is -2.48. The van der Waals surface area contributed by atoms with Gasteiger partial charge in [0.15, 0.2) is 12.6 Å². The van der Waals surface area contributed by atoms with E-state index in [4.69, 9.17) is 24.5 Å². The molecular weight excluding hydrogens is 310 g/mol. The second-order valence-electron chi connectivity index (χ2n) is 6.26. The van der Waals surface area contributed by atoms with E-state index in [-0.39, 0.29) is 36.6 Å². The molecule has 7 nitrogen and oxygen atoms in total. The lowest BCUT2D eigenvalue weighted by atomic mass is 9.84. The summed E-state index contributed by atoms with van der Waals surface area (Å²) in [5.74, 6) is 0.440. The van der Waals surface area contributed by atoms with Crippen molar-refractivity contribution >= 4 is 0 Å². The SMILES string of the molecule is CC1[C@H](OCCN=[N+]=[N-])OC2COC(c3ccccc3)O[C@H]2[C@@H]1C. The van der Waals surface area contributed by atoms with Crippen LogP contribution in [0.15, 0.2) is 35.4 Å². The third-order valence-corrected chi connectivity index (χ3v) is 4.75. The smallest absolute Gasteiger partial charge is 0.184 e. The molecule has 2 aliphatic rings. The van der Waals surface area contributed by atoms with Crippen LogP contribution >= 0.6 is 0 Å². The second-order valence-corrected chi connectivity index (χ2v) is 6.26. The van der Waals surface area contributed by atoms with Crippen molar-refractivity contribution in [2.24, 2.45) is 17.0 Å². The van der Waals surface area contributed by atoms with Gasteiger partial charge in [-0.15, -0.1) is 0 Å². The van der Waals surface area contributed by atoms with E-state index in [2.05, 4.69) is 23.9 Å². The van der Waals surface area contributed by atoms with Crippen molar-refractivity contribution in [1.29, 1.82) is 0 Å². The largest absolute Gasteiger partial charge is 0.352 e. The first kappa shape index (κ1) is 17.2. The van der Waals surface area contributed by atoms with Crippen molar-refractivity contribution in [3.63, 3.8) is 0 Å². The summed E-state index contributed by atoms with van der Waals surface area (Å²) < 4.78 is 23.8. The lowest BCUT2D eigenvalue weighted by Crippen LogP contribution is -2.55. The summed E-state index contributed by atoms with van der Waals surface area (Å²) in [5.41, 5.74) is 9.33. The van der Waals surface area contributed by atoms with Crippen molar-refractivity contribution in [2.45, 2.75) is 38.6 Å². The predicted molar refractivity (Wildman–Crippen MR) is 87.0 cm³/mol. The average molecular weight is 333 g/mol. The highest BCUT2D eigenvalue weighted by Gasteiger charge is 2.46. The molecule has 1 aromatic carbocycles. The Labute approximate surface area is 141 Å². The monoisotopic (exact) mass is 333 g/mol. The Hall–Kier alpha value is -1.63. The molecule has 0 N–H and O–H groups in total. The van der Waals surface area contributed by atoms with Crippen LogP contribution in [-0.2, 0) is 18.9 Å². The fourth-order valence-electron chi connectivity index (χ4n) is 3.20. The van der Waals surface area contributed by atoms with Gasteiger partial charge in [0.25, 0.3) is 0 Å². The van der Waals surface area contributed by atoms with E-state index in [1.165, 1.54) is 0 Å². The lowest BCUT2D eigenvalue weighted by molar-refractivity contribution is -0.342. The van der Waals surface area contributed by atoms with Crippen LogP contribution in [0.4, 0.5) is 0 Å². The summed E-state index contributed by atoms with van der Waals surface area (Å²) in [7, 11) is 0. The number of rotatable bonds is 5. The molecule has 2 heterocycles. The summed E-state index contributed by atoms with van der Waals surface area (Å²) in [6, 6.07) is 9.94. The van der Waals surface area contributed by atoms with Gasteiger partial charge >= 0.3 is 0 Å². The highest BCUT2D eigenvalue weighted by Crippen LogP contribution is 2.39. The van der Waals surface area contributed by atoms with Gasteiger partial charge in [0.05, 0.1) is 19.3 Å². The molecule has 24 heavy (non-hydrogen) atoms. The Morgan fingerprint density at radius 1 is 1.21 bits per heavy atom. The number of nitrogens with zero attached hydrogens (tertiary/aromatic N) is 3. The summed E-state index contributed by atoms with van der Waals surface area (Å²) in [4.78, 5) is 2.72. The highest BCUT2D eigenvalue weighted by molar-refractivity contribution is 5.16. The summed E-state index contributed by atoms with van der Waals surface area (Å²) in [6.07, 6.45) is -0.875. The average Bonchev–Trinajstić information content (AvgIpc) is 2.63. The molecule has 6 atom stereocenters. The van der Waals surface area contributed by atoms with Crippen LogP contribution in [-0.4, -0.2) is 38.3 Å². The van der Waals surface area contributed by atoms with Crippen LogP contribution < -0.4 is 0 Å². The van der Waals surface area contributed by atoms with Crippen LogP contribution in [0, 0.1) is 11.8 Å². The van der Waals surface area contributed by atoms with Gasteiger partial charge in [0.1, 0.15) is 6.10 Å². The molecule has 2 saturated heterocycles. The number of hydrogen-bond donors (Lipinski definition) is 0.